The van der Waals surface area contributed by atoms with Crippen molar-refractivity contribution < 1.29 is 0 Å². The first-order valence-electron chi connectivity index (χ1n) is 7.42. The number of rotatable bonds is 2. The second-order valence-corrected chi connectivity index (χ2v) is 6.34. The Kier molecular flexibility index (Phi) is 3.40. The minimum absolute atomic E-state index is 0.583. The molecule has 3 nitrogen and oxygen atoms in total. The van der Waals surface area contributed by atoms with Gasteiger partial charge in [0.05, 0.1) is 0 Å². The molecule has 0 bridgehead atoms. The highest BCUT2D eigenvalue weighted by Crippen LogP contribution is 2.40. The summed E-state index contributed by atoms with van der Waals surface area (Å²) < 4.78 is 0. The average Bonchev–Trinajstić information content (AvgIpc) is 2.83. The van der Waals surface area contributed by atoms with Crippen molar-refractivity contribution >= 4 is 11.4 Å². The van der Waals surface area contributed by atoms with Gasteiger partial charge in [-0.2, -0.15) is 0 Å². The standard InChI is InChI=1S/C16H25N3/c1-18(2)14-4-3-5-15(12-14)19-11-8-16(13-19)6-9-17-10-7-16/h3-5,12,17H,6-11,13H2,1-2H3. The van der Waals surface area contributed by atoms with Crippen LogP contribution in [0.2, 0.25) is 0 Å². The molecule has 0 aromatic heterocycles. The van der Waals surface area contributed by atoms with Gasteiger partial charge in [0, 0.05) is 38.6 Å². The van der Waals surface area contributed by atoms with Crippen molar-refractivity contribution in [3.8, 4) is 0 Å². The first kappa shape index (κ1) is 12.8. The minimum atomic E-state index is 0.583. The van der Waals surface area contributed by atoms with Gasteiger partial charge in [-0.25, -0.2) is 0 Å². The molecule has 0 unspecified atom stereocenters. The van der Waals surface area contributed by atoms with Crippen molar-refractivity contribution in [2.75, 3.05) is 50.1 Å². The molecule has 1 spiro atoms. The molecule has 19 heavy (non-hydrogen) atoms. The van der Waals surface area contributed by atoms with Crippen molar-refractivity contribution in [3.05, 3.63) is 24.3 Å². The maximum Gasteiger partial charge on any atom is 0.0387 e. The van der Waals surface area contributed by atoms with Gasteiger partial charge in [0.15, 0.2) is 0 Å². The smallest absolute Gasteiger partial charge is 0.0387 e. The summed E-state index contributed by atoms with van der Waals surface area (Å²) in [6.07, 6.45) is 4.05. The van der Waals surface area contributed by atoms with Crippen LogP contribution in [0, 0.1) is 5.41 Å². The van der Waals surface area contributed by atoms with Crippen molar-refractivity contribution in [2.24, 2.45) is 5.41 Å². The first-order valence-corrected chi connectivity index (χ1v) is 7.42. The summed E-state index contributed by atoms with van der Waals surface area (Å²) in [5.74, 6) is 0. The molecule has 0 saturated carbocycles. The van der Waals surface area contributed by atoms with Gasteiger partial charge < -0.3 is 15.1 Å². The number of hydrogen-bond donors (Lipinski definition) is 1. The normalized spacial score (nSPS) is 21.9. The number of benzene rings is 1. The highest BCUT2D eigenvalue weighted by molar-refractivity contribution is 5.59. The number of hydrogen-bond acceptors (Lipinski definition) is 3. The highest BCUT2D eigenvalue weighted by Gasteiger charge is 2.38. The zero-order valence-corrected chi connectivity index (χ0v) is 12.2. The van der Waals surface area contributed by atoms with Crippen LogP contribution in [0.25, 0.3) is 0 Å². The van der Waals surface area contributed by atoms with E-state index >= 15 is 0 Å². The molecule has 0 atom stereocenters. The zero-order valence-electron chi connectivity index (χ0n) is 12.2. The van der Waals surface area contributed by atoms with Crippen molar-refractivity contribution in [1.82, 2.24) is 5.32 Å². The van der Waals surface area contributed by atoms with Gasteiger partial charge in [-0.3, -0.25) is 0 Å². The summed E-state index contributed by atoms with van der Waals surface area (Å²) in [6, 6.07) is 8.94. The van der Waals surface area contributed by atoms with Crippen LogP contribution in [0.1, 0.15) is 19.3 Å². The second-order valence-electron chi connectivity index (χ2n) is 6.34. The molecule has 2 saturated heterocycles. The Morgan fingerprint density at radius 2 is 1.95 bits per heavy atom. The SMILES string of the molecule is CN(C)c1cccc(N2CCC3(CCNCC3)C2)c1. The third kappa shape index (κ3) is 2.57. The molecule has 2 aliphatic rings. The fourth-order valence-electron chi connectivity index (χ4n) is 3.49. The van der Waals surface area contributed by atoms with Gasteiger partial charge in [-0.15, -0.1) is 0 Å². The van der Waals surface area contributed by atoms with Crippen LogP contribution in [0.5, 0.6) is 0 Å². The molecule has 0 aliphatic carbocycles. The topological polar surface area (TPSA) is 18.5 Å². The maximum atomic E-state index is 3.49. The molecular formula is C16H25N3. The molecule has 3 rings (SSSR count). The zero-order chi connectivity index (χ0) is 13.3. The Labute approximate surface area is 116 Å². The Hall–Kier alpha value is -1.22. The Bertz CT molecular complexity index is 435. The lowest BCUT2D eigenvalue weighted by Crippen LogP contribution is -2.38. The van der Waals surface area contributed by atoms with Crippen molar-refractivity contribution in [2.45, 2.75) is 19.3 Å². The number of piperidine rings is 1. The first-order chi connectivity index (χ1) is 9.19. The Morgan fingerprint density at radius 3 is 2.68 bits per heavy atom. The lowest BCUT2D eigenvalue weighted by atomic mass is 9.78. The molecule has 1 N–H and O–H groups in total. The molecule has 1 aromatic carbocycles. The highest BCUT2D eigenvalue weighted by atomic mass is 15.2. The average molecular weight is 259 g/mol. The molecular weight excluding hydrogens is 234 g/mol. The molecule has 2 aliphatic heterocycles. The summed E-state index contributed by atoms with van der Waals surface area (Å²) in [4.78, 5) is 4.76. The van der Waals surface area contributed by atoms with Crippen molar-refractivity contribution in [3.63, 3.8) is 0 Å². The van der Waals surface area contributed by atoms with Gasteiger partial charge in [-0.1, -0.05) is 6.07 Å². The van der Waals surface area contributed by atoms with E-state index in [4.69, 9.17) is 0 Å². The van der Waals surface area contributed by atoms with E-state index in [1.54, 1.807) is 0 Å². The number of nitrogens with one attached hydrogen (secondary N) is 1. The van der Waals surface area contributed by atoms with Crippen molar-refractivity contribution in [1.29, 1.82) is 0 Å². The number of nitrogens with zero attached hydrogens (tertiary/aromatic N) is 2. The molecule has 0 radical (unpaired) electrons. The van der Waals surface area contributed by atoms with E-state index in [0.29, 0.717) is 5.41 Å². The Morgan fingerprint density at radius 1 is 1.16 bits per heavy atom. The van der Waals surface area contributed by atoms with E-state index < -0.39 is 0 Å². The van der Waals surface area contributed by atoms with E-state index in [-0.39, 0.29) is 0 Å². The predicted molar refractivity (Wildman–Crippen MR) is 82.1 cm³/mol. The minimum Gasteiger partial charge on any atom is -0.378 e. The van der Waals surface area contributed by atoms with E-state index in [0.717, 1.165) is 0 Å². The molecule has 1 aromatic rings. The lowest BCUT2D eigenvalue weighted by molar-refractivity contribution is 0.232. The quantitative estimate of drug-likeness (QED) is 0.879. The van der Waals surface area contributed by atoms with Gasteiger partial charge in [0.1, 0.15) is 0 Å². The van der Waals surface area contributed by atoms with Crippen LogP contribution in [-0.4, -0.2) is 40.3 Å². The third-order valence-electron chi connectivity index (χ3n) is 4.81. The fraction of sp³-hybridized carbons (Fsp3) is 0.625. The van der Waals surface area contributed by atoms with E-state index in [9.17, 15) is 0 Å². The monoisotopic (exact) mass is 259 g/mol. The summed E-state index contributed by atoms with van der Waals surface area (Å²) in [6.45, 7) is 4.86. The maximum absolute atomic E-state index is 3.49. The van der Waals surface area contributed by atoms with E-state index in [2.05, 4.69) is 53.5 Å². The molecule has 0 amide bonds. The lowest BCUT2D eigenvalue weighted by Gasteiger charge is -2.34. The predicted octanol–water partition coefficient (Wildman–Crippen LogP) is 2.33. The Balaban J connectivity index is 1.75. The van der Waals surface area contributed by atoms with Gasteiger partial charge in [-0.05, 0) is 56.0 Å². The summed E-state index contributed by atoms with van der Waals surface area (Å²) in [5, 5.41) is 3.49. The van der Waals surface area contributed by atoms with Crippen LogP contribution < -0.4 is 15.1 Å². The van der Waals surface area contributed by atoms with Crippen LogP contribution in [0.15, 0.2) is 24.3 Å². The second kappa shape index (κ2) is 5.04. The third-order valence-corrected chi connectivity index (χ3v) is 4.81. The van der Waals surface area contributed by atoms with Gasteiger partial charge in [0.2, 0.25) is 0 Å². The molecule has 104 valence electrons. The fourth-order valence-corrected chi connectivity index (χ4v) is 3.49. The number of anilines is 2. The van der Waals surface area contributed by atoms with E-state index in [1.807, 2.05) is 0 Å². The summed E-state index contributed by atoms with van der Waals surface area (Å²) >= 11 is 0. The molecule has 3 heteroatoms. The molecule has 2 fully saturated rings. The summed E-state index contributed by atoms with van der Waals surface area (Å²) in [7, 11) is 4.22. The van der Waals surface area contributed by atoms with Gasteiger partial charge in [0.25, 0.3) is 0 Å². The van der Waals surface area contributed by atoms with Crippen LogP contribution in [0.4, 0.5) is 11.4 Å². The van der Waals surface area contributed by atoms with Crippen LogP contribution >= 0.6 is 0 Å². The van der Waals surface area contributed by atoms with Crippen LogP contribution in [-0.2, 0) is 0 Å². The van der Waals surface area contributed by atoms with Crippen LogP contribution in [0.3, 0.4) is 0 Å². The van der Waals surface area contributed by atoms with Gasteiger partial charge >= 0.3 is 0 Å². The van der Waals surface area contributed by atoms with E-state index in [1.165, 1.54) is 56.8 Å². The molecule has 2 heterocycles. The largest absolute Gasteiger partial charge is 0.378 e. The summed E-state index contributed by atoms with van der Waals surface area (Å²) in [5.41, 5.74) is 3.27.